The maximum atomic E-state index is 13.8. The van der Waals surface area contributed by atoms with Crippen LogP contribution in [-0.4, -0.2) is 37.6 Å². The molecule has 0 heterocycles. The minimum absolute atomic E-state index is 0.0877. The lowest BCUT2D eigenvalue weighted by molar-refractivity contribution is 0.116. The van der Waals surface area contributed by atoms with Gasteiger partial charge in [-0.25, -0.2) is 8.78 Å². The van der Waals surface area contributed by atoms with Gasteiger partial charge in [-0.15, -0.1) is 0 Å². The molecule has 1 aromatic carbocycles. The van der Waals surface area contributed by atoms with Crippen LogP contribution in [0.3, 0.4) is 0 Å². The van der Waals surface area contributed by atoms with E-state index in [-0.39, 0.29) is 11.6 Å². The fourth-order valence-electron chi connectivity index (χ4n) is 2.41. The van der Waals surface area contributed by atoms with E-state index in [0.29, 0.717) is 12.0 Å². The van der Waals surface area contributed by atoms with Gasteiger partial charge in [0.05, 0.1) is 0 Å². The van der Waals surface area contributed by atoms with E-state index in [2.05, 4.69) is 24.1 Å². The Morgan fingerprint density at radius 1 is 1.32 bits per heavy atom. The molecule has 0 aliphatic heterocycles. The summed E-state index contributed by atoms with van der Waals surface area (Å²) >= 11 is 0. The SMILES string of the molecule is CCC(C)(C(Cc1ccc(F)cc1F)NC)N(C)C. The molecule has 1 N–H and O–H groups in total. The number of benzene rings is 1. The molecular formula is C15H24F2N2. The van der Waals surface area contributed by atoms with E-state index in [1.807, 2.05) is 21.1 Å². The van der Waals surface area contributed by atoms with Gasteiger partial charge in [-0.3, -0.25) is 0 Å². The summed E-state index contributed by atoms with van der Waals surface area (Å²) in [5.41, 5.74) is 0.456. The number of nitrogens with one attached hydrogen (secondary N) is 1. The molecule has 2 unspecified atom stereocenters. The second-order valence-corrected chi connectivity index (χ2v) is 5.39. The first-order valence-electron chi connectivity index (χ1n) is 6.63. The summed E-state index contributed by atoms with van der Waals surface area (Å²) in [6.07, 6.45) is 1.47. The number of rotatable bonds is 6. The van der Waals surface area contributed by atoms with Crippen LogP contribution in [-0.2, 0) is 6.42 Å². The topological polar surface area (TPSA) is 15.3 Å². The first kappa shape index (κ1) is 16.1. The van der Waals surface area contributed by atoms with E-state index in [1.165, 1.54) is 12.1 Å². The predicted molar refractivity (Wildman–Crippen MR) is 75.3 cm³/mol. The van der Waals surface area contributed by atoms with Crippen LogP contribution in [0.25, 0.3) is 0 Å². The molecule has 0 fully saturated rings. The molecule has 0 spiro atoms. The highest BCUT2D eigenvalue weighted by Gasteiger charge is 2.34. The van der Waals surface area contributed by atoms with Crippen molar-refractivity contribution in [2.75, 3.05) is 21.1 Å². The van der Waals surface area contributed by atoms with Gasteiger partial charge >= 0.3 is 0 Å². The van der Waals surface area contributed by atoms with Gasteiger partial charge in [0.2, 0.25) is 0 Å². The van der Waals surface area contributed by atoms with Gasteiger partial charge < -0.3 is 10.2 Å². The molecule has 0 amide bonds. The van der Waals surface area contributed by atoms with Crippen LogP contribution in [0.5, 0.6) is 0 Å². The van der Waals surface area contributed by atoms with Crippen molar-refractivity contribution in [1.29, 1.82) is 0 Å². The Morgan fingerprint density at radius 2 is 1.95 bits per heavy atom. The first-order chi connectivity index (χ1) is 8.85. The molecule has 19 heavy (non-hydrogen) atoms. The molecule has 0 saturated heterocycles. The van der Waals surface area contributed by atoms with E-state index in [0.717, 1.165) is 12.5 Å². The molecule has 0 saturated carbocycles. The molecular weight excluding hydrogens is 246 g/mol. The van der Waals surface area contributed by atoms with E-state index in [1.54, 1.807) is 0 Å². The van der Waals surface area contributed by atoms with Crippen molar-refractivity contribution in [3.63, 3.8) is 0 Å². The zero-order valence-corrected chi connectivity index (χ0v) is 12.4. The van der Waals surface area contributed by atoms with E-state index in [4.69, 9.17) is 0 Å². The Balaban J connectivity index is 2.99. The van der Waals surface area contributed by atoms with Gasteiger partial charge in [-0.2, -0.15) is 0 Å². The standard InChI is InChI=1S/C15H24F2N2/c1-6-15(2,19(4)5)14(18-3)9-11-7-8-12(16)10-13(11)17/h7-8,10,14,18H,6,9H2,1-5H3. The summed E-state index contributed by atoms with van der Waals surface area (Å²) in [6.45, 7) is 4.26. The lowest BCUT2D eigenvalue weighted by atomic mass is 9.84. The molecule has 1 aromatic rings. The summed E-state index contributed by atoms with van der Waals surface area (Å²) in [6, 6.07) is 3.87. The van der Waals surface area contributed by atoms with Crippen LogP contribution in [0.15, 0.2) is 18.2 Å². The van der Waals surface area contributed by atoms with Gasteiger partial charge in [0, 0.05) is 17.6 Å². The third-order valence-corrected chi connectivity index (χ3v) is 4.28. The molecule has 2 nitrogen and oxygen atoms in total. The Bertz CT molecular complexity index is 421. The fraction of sp³-hybridized carbons (Fsp3) is 0.600. The third kappa shape index (κ3) is 3.51. The summed E-state index contributed by atoms with van der Waals surface area (Å²) < 4.78 is 26.7. The van der Waals surface area contributed by atoms with E-state index in [9.17, 15) is 8.78 Å². The van der Waals surface area contributed by atoms with Crippen LogP contribution in [0, 0.1) is 11.6 Å². The van der Waals surface area contributed by atoms with Crippen molar-refractivity contribution in [3.05, 3.63) is 35.4 Å². The second-order valence-electron chi connectivity index (χ2n) is 5.39. The highest BCUT2D eigenvalue weighted by atomic mass is 19.1. The summed E-state index contributed by atoms with van der Waals surface area (Å²) in [7, 11) is 5.92. The van der Waals surface area contributed by atoms with Gasteiger partial charge in [0.15, 0.2) is 0 Å². The largest absolute Gasteiger partial charge is 0.315 e. The molecule has 0 aliphatic rings. The summed E-state index contributed by atoms with van der Waals surface area (Å²) in [5.74, 6) is -1.01. The number of likely N-dealkylation sites (N-methyl/N-ethyl adjacent to an activating group) is 2. The van der Waals surface area contributed by atoms with Crippen molar-refractivity contribution < 1.29 is 8.78 Å². The van der Waals surface area contributed by atoms with Gasteiger partial charge in [0.25, 0.3) is 0 Å². The normalized spacial score (nSPS) is 16.4. The van der Waals surface area contributed by atoms with Crippen LogP contribution >= 0.6 is 0 Å². The van der Waals surface area contributed by atoms with Gasteiger partial charge in [0.1, 0.15) is 11.6 Å². The fourth-order valence-corrected chi connectivity index (χ4v) is 2.41. The van der Waals surface area contributed by atoms with Crippen molar-refractivity contribution in [2.45, 2.75) is 38.3 Å². The molecule has 1 rings (SSSR count). The summed E-state index contributed by atoms with van der Waals surface area (Å²) in [5, 5.41) is 3.26. The lowest BCUT2D eigenvalue weighted by Gasteiger charge is -2.42. The van der Waals surface area contributed by atoms with Gasteiger partial charge in [-0.05, 0) is 52.5 Å². The second kappa shape index (κ2) is 6.44. The first-order valence-corrected chi connectivity index (χ1v) is 6.63. The van der Waals surface area contributed by atoms with Crippen molar-refractivity contribution >= 4 is 0 Å². The average molecular weight is 270 g/mol. The smallest absolute Gasteiger partial charge is 0.129 e. The predicted octanol–water partition coefficient (Wildman–Crippen LogP) is 2.83. The number of nitrogens with zero attached hydrogens (tertiary/aromatic N) is 1. The highest BCUT2D eigenvalue weighted by Crippen LogP contribution is 2.24. The molecule has 0 aromatic heterocycles. The zero-order valence-electron chi connectivity index (χ0n) is 12.4. The summed E-state index contributed by atoms with van der Waals surface area (Å²) in [4.78, 5) is 2.15. The minimum Gasteiger partial charge on any atom is -0.315 e. The van der Waals surface area contributed by atoms with Crippen LogP contribution in [0.1, 0.15) is 25.8 Å². The molecule has 2 atom stereocenters. The molecule has 0 aliphatic carbocycles. The Kier molecular flexibility index (Phi) is 5.44. The third-order valence-electron chi connectivity index (χ3n) is 4.28. The average Bonchev–Trinajstić information content (AvgIpc) is 2.36. The molecule has 4 heteroatoms. The molecule has 108 valence electrons. The Labute approximate surface area is 114 Å². The molecule has 0 radical (unpaired) electrons. The van der Waals surface area contributed by atoms with E-state index >= 15 is 0 Å². The highest BCUT2D eigenvalue weighted by molar-refractivity contribution is 5.20. The lowest BCUT2D eigenvalue weighted by Crippen LogP contribution is -2.57. The van der Waals surface area contributed by atoms with Crippen LogP contribution < -0.4 is 5.32 Å². The van der Waals surface area contributed by atoms with Crippen LogP contribution in [0.2, 0.25) is 0 Å². The monoisotopic (exact) mass is 270 g/mol. The maximum absolute atomic E-state index is 13.8. The number of hydrogen-bond acceptors (Lipinski definition) is 2. The number of hydrogen-bond donors (Lipinski definition) is 1. The van der Waals surface area contributed by atoms with E-state index < -0.39 is 11.6 Å². The quantitative estimate of drug-likeness (QED) is 0.855. The van der Waals surface area contributed by atoms with Crippen molar-refractivity contribution in [1.82, 2.24) is 10.2 Å². The zero-order chi connectivity index (χ0) is 14.6. The molecule has 0 bridgehead atoms. The minimum atomic E-state index is -0.534. The Hall–Kier alpha value is -1.00. The number of halogens is 2. The van der Waals surface area contributed by atoms with Gasteiger partial charge in [-0.1, -0.05) is 13.0 Å². The maximum Gasteiger partial charge on any atom is 0.129 e. The van der Waals surface area contributed by atoms with Crippen molar-refractivity contribution in [3.8, 4) is 0 Å². The van der Waals surface area contributed by atoms with Crippen molar-refractivity contribution in [2.24, 2.45) is 0 Å². The van der Waals surface area contributed by atoms with Crippen LogP contribution in [0.4, 0.5) is 8.78 Å². The Morgan fingerprint density at radius 3 is 2.37 bits per heavy atom.